The first-order valence-electron chi connectivity index (χ1n) is 11.7. The van der Waals surface area contributed by atoms with Gasteiger partial charge in [0.05, 0.1) is 11.2 Å². The number of halogens is 1. The Balaban J connectivity index is 1.23. The van der Waals surface area contributed by atoms with Crippen LogP contribution in [0.4, 0.5) is 10.1 Å². The summed E-state index contributed by atoms with van der Waals surface area (Å²) >= 11 is 0. The first-order chi connectivity index (χ1) is 15.0. The zero-order valence-corrected chi connectivity index (χ0v) is 18.3. The van der Waals surface area contributed by atoms with Crippen LogP contribution in [0.15, 0.2) is 48.5 Å². The maximum Gasteiger partial charge on any atom is 0.223 e. The van der Waals surface area contributed by atoms with Crippen molar-refractivity contribution >= 4 is 11.6 Å². The van der Waals surface area contributed by atoms with Gasteiger partial charge in [-0.3, -0.25) is 4.79 Å². The molecule has 6 rings (SSSR count). The van der Waals surface area contributed by atoms with Gasteiger partial charge in [0.2, 0.25) is 5.91 Å². The van der Waals surface area contributed by atoms with Gasteiger partial charge < -0.3 is 15.1 Å². The van der Waals surface area contributed by atoms with Crippen molar-refractivity contribution in [3.8, 4) is 11.1 Å². The predicted molar refractivity (Wildman–Crippen MR) is 122 cm³/mol. The van der Waals surface area contributed by atoms with Gasteiger partial charge in [-0.15, -0.1) is 0 Å². The minimum atomic E-state index is -0.170. The lowest BCUT2D eigenvalue weighted by Crippen LogP contribution is -2.66. The van der Waals surface area contributed by atoms with E-state index in [9.17, 15) is 4.79 Å². The third-order valence-corrected chi connectivity index (χ3v) is 7.72. The third kappa shape index (κ3) is 3.96. The SMILES string of the molecule is CC1(NC(=O)C2CCN(c3cccc(-c4ccccc4)c3F)CC2)CN2CCC1CC2. The summed E-state index contributed by atoms with van der Waals surface area (Å²) in [6, 6.07) is 15.3. The number of benzene rings is 2. The fourth-order valence-corrected chi connectivity index (χ4v) is 5.83. The van der Waals surface area contributed by atoms with Crippen molar-refractivity contribution in [2.24, 2.45) is 11.8 Å². The molecule has 0 aliphatic carbocycles. The number of anilines is 1. The second-order valence-electron chi connectivity index (χ2n) is 9.72. The van der Waals surface area contributed by atoms with Crippen molar-refractivity contribution < 1.29 is 9.18 Å². The molecular weight excluding hydrogens is 389 g/mol. The zero-order valence-electron chi connectivity index (χ0n) is 18.3. The molecule has 2 bridgehead atoms. The molecule has 2 aromatic rings. The van der Waals surface area contributed by atoms with Crippen molar-refractivity contribution in [3.05, 3.63) is 54.3 Å². The summed E-state index contributed by atoms with van der Waals surface area (Å²) < 4.78 is 15.3. The van der Waals surface area contributed by atoms with E-state index >= 15 is 4.39 Å². The number of piperidine rings is 4. The van der Waals surface area contributed by atoms with E-state index in [1.54, 1.807) is 0 Å². The molecule has 4 fully saturated rings. The Morgan fingerprint density at radius 3 is 2.32 bits per heavy atom. The van der Waals surface area contributed by atoms with E-state index < -0.39 is 0 Å². The van der Waals surface area contributed by atoms with E-state index in [2.05, 4.69) is 22.0 Å². The van der Waals surface area contributed by atoms with Crippen LogP contribution in [0.5, 0.6) is 0 Å². The van der Waals surface area contributed by atoms with Gasteiger partial charge in [0, 0.05) is 31.1 Å². The number of fused-ring (bicyclic) bond motifs is 3. The Morgan fingerprint density at radius 1 is 0.968 bits per heavy atom. The Labute approximate surface area is 184 Å². The number of hydrogen-bond donors (Lipinski definition) is 1. The molecule has 1 N–H and O–H groups in total. The summed E-state index contributed by atoms with van der Waals surface area (Å²) in [5.41, 5.74) is 2.07. The summed E-state index contributed by atoms with van der Waals surface area (Å²) in [5, 5.41) is 3.42. The third-order valence-electron chi connectivity index (χ3n) is 7.72. The molecule has 4 heterocycles. The first-order valence-corrected chi connectivity index (χ1v) is 11.7. The van der Waals surface area contributed by atoms with Crippen molar-refractivity contribution in [1.82, 2.24) is 10.2 Å². The molecule has 4 nitrogen and oxygen atoms in total. The summed E-state index contributed by atoms with van der Waals surface area (Å²) in [6.07, 6.45) is 3.91. The van der Waals surface area contributed by atoms with Gasteiger partial charge in [-0.1, -0.05) is 42.5 Å². The minimum Gasteiger partial charge on any atom is -0.369 e. The average molecular weight is 422 g/mol. The van der Waals surface area contributed by atoms with Crippen molar-refractivity contribution in [2.75, 3.05) is 37.6 Å². The molecule has 4 aliphatic heterocycles. The molecule has 164 valence electrons. The Morgan fingerprint density at radius 2 is 1.68 bits per heavy atom. The number of rotatable bonds is 4. The van der Waals surface area contributed by atoms with Crippen LogP contribution in [0.3, 0.4) is 0 Å². The molecule has 4 saturated heterocycles. The Bertz CT molecular complexity index is 933. The smallest absolute Gasteiger partial charge is 0.223 e. The lowest BCUT2D eigenvalue weighted by atomic mass is 9.73. The van der Waals surface area contributed by atoms with Crippen LogP contribution in [-0.2, 0) is 4.79 Å². The van der Waals surface area contributed by atoms with E-state index in [4.69, 9.17) is 0 Å². The van der Waals surface area contributed by atoms with Crippen LogP contribution < -0.4 is 10.2 Å². The van der Waals surface area contributed by atoms with Crippen molar-refractivity contribution in [3.63, 3.8) is 0 Å². The molecule has 5 heteroatoms. The standard InChI is InChI=1S/C26H32FN3O/c1-26(18-29-14-12-21(26)13-15-29)28-25(31)20-10-16-30(17-11-20)23-9-5-8-22(24(23)27)19-6-3-2-4-7-19/h2-9,20-21H,10-18H2,1H3,(H,28,31). The Hall–Kier alpha value is -2.40. The van der Waals surface area contributed by atoms with E-state index in [1.807, 2.05) is 48.5 Å². The monoisotopic (exact) mass is 421 g/mol. The van der Waals surface area contributed by atoms with Gasteiger partial charge in [-0.2, -0.15) is 0 Å². The maximum atomic E-state index is 15.3. The molecule has 0 radical (unpaired) electrons. The lowest BCUT2D eigenvalue weighted by Gasteiger charge is -2.52. The second-order valence-corrected chi connectivity index (χ2v) is 9.72. The summed E-state index contributed by atoms with van der Waals surface area (Å²) in [6.45, 7) is 6.95. The van der Waals surface area contributed by atoms with Crippen LogP contribution in [-0.4, -0.2) is 49.1 Å². The highest BCUT2D eigenvalue weighted by atomic mass is 19.1. The lowest BCUT2D eigenvalue weighted by molar-refractivity contribution is -0.130. The summed E-state index contributed by atoms with van der Waals surface area (Å²) in [4.78, 5) is 17.7. The summed E-state index contributed by atoms with van der Waals surface area (Å²) in [5.74, 6) is 0.631. The molecule has 0 spiro atoms. The molecule has 1 amide bonds. The molecule has 31 heavy (non-hydrogen) atoms. The molecular formula is C26H32FN3O. The van der Waals surface area contributed by atoms with Crippen LogP contribution in [0.1, 0.15) is 32.6 Å². The van der Waals surface area contributed by atoms with Crippen LogP contribution in [0.25, 0.3) is 11.1 Å². The normalized spacial score (nSPS) is 28.5. The minimum absolute atomic E-state index is 0.0175. The van der Waals surface area contributed by atoms with Gasteiger partial charge in [0.25, 0.3) is 0 Å². The quantitative estimate of drug-likeness (QED) is 0.799. The van der Waals surface area contributed by atoms with Crippen molar-refractivity contribution in [1.29, 1.82) is 0 Å². The molecule has 2 aromatic carbocycles. The average Bonchev–Trinajstić information content (AvgIpc) is 2.80. The molecule has 4 aliphatic rings. The zero-order chi connectivity index (χ0) is 21.4. The molecule has 1 atom stereocenters. The van der Waals surface area contributed by atoms with Crippen LogP contribution in [0, 0.1) is 17.7 Å². The topological polar surface area (TPSA) is 35.6 Å². The number of nitrogens with zero attached hydrogens (tertiary/aromatic N) is 2. The number of amides is 1. The van der Waals surface area contributed by atoms with E-state index in [-0.39, 0.29) is 23.2 Å². The van der Waals surface area contributed by atoms with Gasteiger partial charge >= 0.3 is 0 Å². The van der Waals surface area contributed by atoms with E-state index in [1.165, 1.54) is 25.9 Å². The highest BCUT2D eigenvalue weighted by Crippen LogP contribution is 2.36. The highest BCUT2D eigenvalue weighted by molar-refractivity contribution is 5.80. The highest BCUT2D eigenvalue weighted by Gasteiger charge is 2.45. The van der Waals surface area contributed by atoms with Gasteiger partial charge in [-0.05, 0) is 63.2 Å². The fraction of sp³-hybridized carbons (Fsp3) is 0.500. The number of hydrogen-bond acceptors (Lipinski definition) is 3. The Kier molecular flexibility index (Phi) is 5.47. The van der Waals surface area contributed by atoms with Gasteiger partial charge in [0.1, 0.15) is 0 Å². The molecule has 1 unspecified atom stereocenters. The molecule has 0 saturated carbocycles. The van der Waals surface area contributed by atoms with Crippen LogP contribution >= 0.6 is 0 Å². The van der Waals surface area contributed by atoms with Crippen LogP contribution in [0.2, 0.25) is 0 Å². The van der Waals surface area contributed by atoms with Gasteiger partial charge in [-0.25, -0.2) is 4.39 Å². The molecule has 0 aromatic heterocycles. The van der Waals surface area contributed by atoms with Crippen molar-refractivity contribution in [2.45, 2.75) is 38.1 Å². The first kappa shape index (κ1) is 20.5. The predicted octanol–water partition coefficient (Wildman–Crippen LogP) is 4.31. The maximum absolute atomic E-state index is 15.3. The van der Waals surface area contributed by atoms with E-state index in [0.717, 1.165) is 24.9 Å². The largest absolute Gasteiger partial charge is 0.369 e. The summed E-state index contributed by atoms with van der Waals surface area (Å²) in [7, 11) is 0. The second kappa shape index (κ2) is 8.27. The van der Waals surface area contributed by atoms with E-state index in [0.29, 0.717) is 30.3 Å². The van der Waals surface area contributed by atoms with Gasteiger partial charge in [0.15, 0.2) is 5.82 Å². The fourth-order valence-electron chi connectivity index (χ4n) is 5.83. The number of carbonyl (C=O) groups excluding carboxylic acids is 1. The number of nitrogens with one attached hydrogen (secondary N) is 1. The number of carbonyl (C=O) groups is 1.